The molecule has 102 valence electrons. The van der Waals surface area contributed by atoms with Gasteiger partial charge in [-0.25, -0.2) is 4.39 Å². The smallest absolute Gasteiger partial charge is 0.273 e. The Morgan fingerprint density at radius 1 is 1.28 bits per heavy atom. The number of hydrogen-bond donors (Lipinski definition) is 2. The Hall–Kier alpha value is -1.25. The quantitative estimate of drug-likeness (QED) is 0.344. The van der Waals surface area contributed by atoms with Crippen LogP contribution < -0.4 is 4.72 Å². The van der Waals surface area contributed by atoms with Crippen molar-refractivity contribution >= 4 is 10.3 Å². The van der Waals surface area contributed by atoms with Crippen LogP contribution in [-0.4, -0.2) is 30.6 Å². The van der Waals surface area contributed by atoms with Crippen LogP contribution in [0, 0.1) is 17.2 Å². The highest BCUT2D eigenvalue weighted by atomic mass is 32.2. The summed E-state index contributed by atoms with van der Waals surface area (Å²) in [4.78, 5) is 0. The van der Waals surface area contributed by atoms with Crippen LogP contribution in [-0.2, 0) is 10.3 Å². The van der Waals surface area contributed by atoms with Crippen LogP contribution in [0.25, 0.3) is 0 Å². The normalized spacial score (nSPS) is 33.9. The summed E-state index contributed by atoms with van der Waals surface area (Å²) >= 11 is 0. The van der Waals surface area contributed by atoms with Crippen molar-refractivity contribution < 1.29 is 34.9 Å². The van der Waals surface area contributed by atoms with Crippen LogP contribution in [0.4, 0.5) is 22.0 Å². The highest BCUT2D eigenvalue weighted by molar-refractivity contribution is 7.83. The fraction of sp³-hybridized carbons (Fsp3) is 0.571. The first-order valence-electron chi connectivity index (χ1n) is 4.17. The molecule has 0 saturated carbocycles. The van der Waals surface area contributed by atoms with Crippen LogP contribution in [0.2, 0.25) is 0 Å². The molecule has 0 saturated heterocycles. The van der Waals surface area contributed by atoms with E-state index in [2.05, 4.69) is 0 Å². The summed E-state index contributed by atoms with van der Waals surface area (Å²) in [7, 11) is -5.50. The van der Waals surface area contributed by atoms with Gasteiger partial charge in [-0.05, 0) is 6.08 Å². The maximum Gasteiger partial charge on any atom is 0.362 e. The van der Waals surface area contributed by atoms with Gasteiger partial charge in [0.25, 0.3) is 5.79 Å². The summed E-state index contributed by atoms with van der Waals surface area (Å²) in [6.45, 7) is 0. The number of rotatable bonds is 2. The van der Waals surface area contributed by atoms with Gasteiger partial charge in [-0.1, -0.05) is 6.08 Å². The average Bonchev–Trinajstić information content (AvgIpc) is 2.13. The molecule has 5 nitrogen and oxygen atoms in total. The SMILES string of the molecule is N#CC1C=CC(F)(NS(=O)(=O)O)C(F)(F)C1(F)F. The predicted molar refractivity (Wildman–Crippen MR) is 46.7 cm³/mol. The molecule has 0 heterocycles. The van der Waals surface area contributed by atoms with Gasteiger partial charge in [-0.15, -0.1) is 4.72 Å². The van der Waals surface area contributed by atoms with Crippen LogP contribution in [0.15, 0.2) is 12.2 Å². The first-order chi connectivity index (χ1) is 7.87. The van der Waals surface area contributed by atoms with E-state index in [4.69, 9.17) is 9.81 Å². The van der Waals surface area contributed by atoms with Gasteiger partial charge >= 0.3 is 22.1 Å². The molecule has 0 amide bonds. The van der Waals surface area contributed by atoms with E-state index in [1.54, 1.807) is 0 Å². The van der Waals surface area contributed by atoms with Crippen LogP contribution in [0.5, 0.6) is 0 Å². The molecule has 18 heavy (non-hydrogen) atoms. The second-order valence-corrected chi connectivity index (χ2v) is 4.61. The van der Waals surface area contributed by atoms with Gasteiger partial charge in [0.2, 0.25) is 0 Å². The van der Waals surface area contributed by atoms with Crippen molar-refractivity contribution in [2.75, 3.05) is 0 Å². The van der Waals surface area contributed by atoms with E-state index in [1.807, 2.05) is 0 Å². The Morgan fingerprint density at radius 2 is 1.78 bits per heavy atom. The zero-order chi connectivity index (χ0) is 14.4. The predicted octanol–water partition coefficient (Wildman–Crippen LogP) is 1.02. The van der Waals surface area contributed by atoms with Crippen molar-refractivity contribution in [3.63, 3.8) is 0 Å². The number of nitriles is 1. The molecule has 0 fully saturated rings. The third-order valence-corrected chi connectivity index (χ3v) is 2.76. The Bertz CT molecular complexity index is 526. The minimum Gasteiger partial charge on any atom is -0.273 e. The molecule has 0 radical (unpaired) electrons. The minimum absolute atomic E-state index is 0.0928. The molecule has 2 N–H and O–H groups in total. The lowest BCUT2D eigenvalue weighted by atomic mass is 9.85. The van der Waals surface area contributed by atoms with Crippen molar-refractivity contribution in [2.45, 2.75) is 17.6 Å². The molecule has 1 aliphatic rings. The molecule has 0 aliphatic heterocycles. The first kappa shape index (κ1) is 14.8. The molecule has 1 aliphatic carbocycles. The fourth-order valence-corrected chi connectivity index (χ4v) is 1.87. The van der Waals surface area contributed by atoms with E-state index in [1.165, 1.54) is 0 Å². The first-order valence-corrected chi connectivity index (χ1v) is 5.61. The summed E-state index contributed by atoms with van der Waals surface area (Å²) in [6, 6.07) is 0.827. The van der Waals surface area contributed by atoms with Gasteiger partial charge in [0.05, 0.1) is 6.07 Å². The van der Waals surface area contributed by atoms with Gasteiger partial charge in [0.1, 0.15) is 5.92 Å². The highest BCUT2D eigenvalue weighted by Gasteiger charge is 2.74. The monoisotopic (exact) mass is 292 g/mol. The molecule has 0 bridgehead atoms. The van der Waals surface area contributed by atoms with Gasteiger partial charge in [0, 0.05) is 0 Å². The topological polar surface area (TPSA) is 90.2 Å². The molecule has 0 aromatic heterocycles. The lowest BCUT2D eigenvalue weighted by Crippen LogP contribution is -2.67. The summed E-state index contributed by atoms with van der Waals surface area (Å²) in [5.41, 5.74) is 0. The van der Waals surface area contributed by atoms with Crippen molar-refractivity contribution in [3.05, 3.63) is 12.2 Å². The molecular formula is C7H5F5N2O3S. The molecular weight excluding hydrogens is 287 g/mol. The van der Waals surface area contributed by atoms with Crippen molar-refractivity contribution in [3.8, 4) is 6.07 Å². The van der Waals surface area contributed by atoms with E-state index in [-0.39, 0.29) is 12.2 Å². The zero-order valence-electron chi connectivity index (χ0n) is 8.24. The van der Waals surface area contributed by atoms with Crippen molar-refractivity contribution in [2.24, 2.45) is 5.92 Å². The molecule has 0 spiro atoms. The molecule has 11 heteroatoms. The van der Waals surface area contributed by atoms with Crippen molar-refractivity contribution in [1.82, 2.24) is 4.72 Å². The average molecular weight is 292 g/mol. The third-order valence-electron chi connectivity index (χ3n) is 2.20. The van der Waals surface area contributed by atoms with E-state index >= 15 is 0 Å². The molecule has 0 aromatic carbocycles. The maximum absolute atomic E-state index is 13.6. The zero-order valence-corrected chi connectivity index (χ0v) is 9.06. The largest absolute Gasteiger partial charge is 0.362 e. The van der Waals surface area contributed by atoms with Gasteiger partial charge in [0.15, 0.2) is 0 Å². The number of nitrogens with zero attached hydrogens (tertiary/aromatic N) is 1. The number of alkyl halides is 5. The lowest BCUT2D eigenvalue weighted by Gasteiger charge is -2.39. The molecule has 2 unspecified atom stereocenters. The molecule has 0 aromatic rings. The van der Waals surface area contributed by atoms with E-state index in [9.17, 15) is 30.4 Å². The Balaban J connectivity index is 3.38. The van der Waals surface area contributed by atoms with Gasteiger partial charge in [-0.3, -0.25) is 4.55 Å². The van der Waals surface area contributed by atoms with Gasteiger partial charge in [-0.2, -0.15) is 31.2 Å². The van der Waals surface area contributed by atoms with Crippen LogP contribution in [0.1, 0.15) is 0 Å². The Kier molecular flexibility index (Phi) is 3.19. The Morgan fingerprint density at radius 3 is 2.17 bits per heavy atom. The van der Waals surface area contributed by atoms with Crippen LogP contribution in [0.3, 0.4) is 0 Å². The number of halogens is 5. The number of hydrogen-bond acceptors (Lipinski definition) is 3. The third kappa shape index (κ3) is 2.06. The fourth-order valence-electron chi connectivity index (χ4n) is 1.30. The summed E-state index contributed by atoms with van der Waals surface area (Å²) in [6.07, 6.45) is -0.151. The second-order valence-electron chi connectivity index (χ2n) is 3.45. The van der Waals surface area contributed by atoms with E-state index in [0.29, 0.717) is 4.72 Å². The lowest BCUT2D eigenvalue weighted by molar-refractivity contribution is -0.276. The highest BCUT2D eigenvalue weighted by Crippen LogP contribution is 2.51. The maximum atomic E-state index is 13.6. The summed E-state index contributed by atoms with van der Waals surface area (Å²) in [5, 5.41) is 8.24. The standard InChI is InChI=1S/C7H5F5N2O3S/c8-5(14-18(15,16)17)2-1-4(3-13)6(9,10)7(5,11)12/h1-2,4,14H,(H,15,16,17). The van der Waals surface area contributed by atoms with Crippen LogP contribution >= 0.6 is 0 Å². The van der Waals surface area contributed by atoms with Crippen molar-refractivity contribution in [1.29, 1.82) is 5.26 Å². The summed E-state index contributed by atoms with van der Waals surface area (Å²) in [5.74, 6) is -17.9. The number of nitrogens with one attached hydrogen (secondary N) is 1. The van der Waals surface area contributed by atoms with E-state index < -0.39 is 33.9 Å². The summed E-state index contributed by atoms with van der Waals surface area (Å²) < 4.78 is 95.4. The van der Waals surface area contributed by atoms with Gasteiger partial charge < -0.3 is 0 Å². The Labute approximate surface area is 97.8 Å². The minimum atomic E-state index is -5.55. The molecule has 1 rings (SSSR count). The number of allylic oxidation sites excluding steroid dienone is 1. The molecule has 2 atom stereocenters. The van der Waals surface area contributed by atoms with E-state index in [0.717, 1.165) is 6.07 Å². The second kappa shape index (κ2) is 3.87.